The van der Waals surface area contributed by atoms with Crippen LogP contribution in [-0.2, 0) is 25.2 Å². The molecule has 0 fully saturated rings. The zero-order chi connectivity index (χ0) is 37.0. The van der Waals surface area contributed by atoms with E-state index in [0.29, 0.717) is 29.7 Å². The van der Waals surface area contributed by atoms with Crippen molar-refractivity contribution in [3.63, 3.8) is 0 Å². The number of ketones is 1. The Kier molecular flexibility index (Phi) is 12.2. The van der Waals surface area contributed by atoms with Gasteiger partial charge in [0.25, 0.3) is 5.91 Å². The van der Waals surface area contributed by atoms with Crippen molar-refractivity contribution < 1.29 is 19.1 Å². The standard InChI is InChI=1S/C39H49BrClN5O4/c1-10-38(6,7)24-14-19-32(27(21-24)39(8,9)11-2)50-20-12-13-33(47)42-26-16-17-28(41)29(23-26)43-36(49)34(35(48)37(3,4)5)46-31-18-15-25(40)22-30(31)44-45-46/h14-19,21-23,34H,10-13,20H2,1-9H3,(H,42,47)(H,43,49)/t34-/m1/s1. The minimum atomic E-state index is -1.31. The molecule has 1 atom stereocenters. The first kappa shape index (κ1) is 39.0. The third-order valence-corrected chi connectivity index (χ3v) is 10.3. The SMILES string of the molecule is CCC(C)(C)c1ccc(OCCCC(=O)Nc2ccc(Cl)c(NC(=O)[C@@H](C(=O)C(C)(C)C)n3nnc4cc(Br)ccc43)c2)c(C(C)(C)CC)c1. The van der Waals surface area contributed by atoms with Gasteiger partial charge in [0.1, 0.15) is 11.3 Å². The number of nitrogens with zero attached hydrogens (tertiary/aromatic N) is 3. The van der Waals surface area contributed by atoms with Crippen molar-refractivity contribution in [3.05, 3.63) is 75.2 Å². The van der Waals surface area contributed by atoms with Crippen molar-refractivity contribution in [2.24, 2.45) is 5.41 Å². The average molecular weight is 767 g/mol. The fraction of sp³-hybridized carbons (Fsp3) is 0.462. The largest absolute Gasteiger partial charge is 0.493 e. The maximum absolute atomic E-state index is 13.8. The van der Waals surface area contributed by atoms with Gasteiger partial charge in [0.05, 0.1) is 22.8 Å². The van der Waals surface area contributed by atoms with Crippen LogP contribution in [0.5, 0.6) is 5.75 Å². The van der Waals surface area contributed by atoms with Crippen molar-refractivity contribution >= 4 is 67.5 Å². The lowest BCUT2D eigenvalue weighted by molar-refractivity contribution is -0.135. The third kappa shape index (κ3) is 9.12. The first-order valence-corrected chi connectivity index (χ1v) is 18.3. The molecule has 11 heteroatoms. The summed E-state index contributed by atoms with van der Waals surface area (Å²) in [6.07, 6.45) is 2.74. The number of ether oxygens (including phenoxy) is 1. The van der Waals surface area contributed by atoms with Gasteiger partial charge >= 0.3 is 0 Å². The molecule has 50 heavy (non-hydrogen) atoms. The quantitative estimate of drug-likeness (QED) is 0.0976. The summed E-state index contributed by atoms with van der Waals surface area (Å²) in [7, 11) is 0. The number of hydrogen-bond acceptors (Lipinski definition) is 6. The number of Topliss-reactive ketones (excluding diaryl/α,β-unsaturated/α-hetero) is 1. The summed E-state index contributed by atoms with van der Waals surface area (Å²) in [5.74, 6) is -0.331. The molecule has 4 aromatic rings. The predicted octanol–water partition coefficient (Wildman–Crippen LogP) is 9.82. The summed E-state index contributed by atoms with van der Waals surface area (Å²) in [6.45, 7) is 19.0. The van der Waals surface area contributed by atoms with Crippen molar-refractivity contribution in [1.29, 1.82) is 0 Å². The molecule has 1 heterocycles. The molecular formula is C39H49BrClN5O4. The van der Waals surface area contributed by atoms with E-state index in [1.165, 1.54) is 15.8 Å². The first-order chi connectivity index (χ1) is 23.4. The summed E-state index contributed by atoms with van der Waals surface area (Å²) in [4.78, 5) is 40.4. The highest BCUT2D eigenvalue weighted by atomic mass is 79.9. The van der Waals surface area contributed by atoms with Crippen LogP contribution >= 0.6 is 27.5 Å². The molecule has 4 rings (SSSR count). The Morgan fingerprint density at radius 3 is 2.26 bits per heavy atom. The van der Waals surface area contributed by atoms with Gasteiger partial charge in [-0.1, -0.05) is 107 Å². The molecule has 0 saturated carbocycles. The number of anilines is 2. The van der Waals surface area contributed by atoms with E-state index in [-0.39, 0.29) is 39.7 Å². The first-order valence-electron chi connectivity index (χ1n) is 17.1. The number of carbonyl (C=O) groups is 3. The molecule has 0 aliphatic carbocycles. The van der Waals surface area contributed by atoms with Crippen LogP contribution in [0.2, 0.25) is 5.02 Å². The molecule has 0 saturated heterocycles. The fourth-order valence-electron chi connectivity index (χ4n) is 5.40. The number of aromatic nitrogens is 3. The normalized spacial score (nSPS) is 12.9. The van der Waals surface area contributed by atoms with Gasteiger partial charge in [-0.15, -0.1) is 5.10 Å². The van der Waals surface area contributed by atoms with Gasteiger partial charge in [0, 0.05) is 27.6 Å². The number of hydrogen-bond donors (Lipinski definition) is 2. The molecule has 1 aromatic heterocycles. The van der Waals surface area contributed by atoms with Gasteiger partial charge in [0.15, 0.2) is 11.8 Å². The summed E-state index contributed by atoms with van der Waals surface area (Å²) >= 11 is 9.90. The Balaban J connectivity index is 1.43. The minimum Gasteiger partial charge on any atom is -0.493 e. The van der Waals surface area contributed by atoms with Crippen LogP contribution in [-0.4, -0.2) is 39.2 Å². The number of amides is 2. The van der Waals surface area contributed by atoms with E-state index in [4.69, 9.17) is 16.3 Å². The molecule has 0 spiro atoms. The molecule has 0 aliphatic heterocycles. The highest BCUT2D eigenvalue weighted by molar-refractivity contribution is 9.10. The van der Waals surface area contributed by atoms with Gasteiger partial charge in [-0.05, 0) is 78.1 Å². The summed E-state index contributed by atoms with van der Waals surface area (Å²) in [6, 6.07) is 15.3. The van der Waals surface area contributed by atoms with Gasteiger partial charge in [0.2, 0.25) is 5.91 Å². The number of fused-ring (bicyclic) bond motifs is 1. The van der Waals surface area contributed by atoms with Gasteiger partial charge in [-0.3, -0.25) is 14.4 Å². The molecule has 2 amide bonds. The molecular weight excluding hydrogens is 718 g/mol. The lowest BCUT2D eigenvalue weighted by Crippen LogP contribution is -2.39. The molecule has 3 aromatic carbocycles. The molecule has 0 bridgehead atoms. The van der Waals surface area contributed by atoms with E-state index in [1.807, 2.05) is 0 Å². The number of nitrogens with one attached hydrogen (secondary N) is 2. The topological polar surface area (TPSA) is 115 Å². The van der Waals surface area contributed by atoms with E-state index in [9.17, 15) is 14.4 Å². The third-order valence-electron chi connectivity index (χ3n) is 9.49. The zero-order valence-electron chi connectivity index (χ0n) is 30.5. The maximum Gasteiger partial charge on any atom is 0.257 e. The van der Waals surface area contributed by atoms with E-state index in [1.54, 1.807) is 57.2 Å². The lowest BCUT2D eigenvalue weighted by atomic mass is 9.76. The van der Waals surface area contributed by atoms with Crippen LogP contribution in [0, 0.1) is 5.41 Å². The lowest BCUT2D eigenvalue weighted by Gasteiger charge is -2.30. The highest BCUT2D eigenvalue weighted by Gasteiger charge is 2.38. The van der Waals surface area contributed by atoms with Crippen LogP contribution in [0.25, 0.3) is 11.0 Å². The van der Waals surface area contributed by atoms with Crippen molar-refractivity contribution in [2.75, 3.05) is 17.2 Å². The van der Waals surface area contributed by atoms with E-state index >= 15 is 0 Å². The van der Waals surface area contributed by atoms with Crippen molar-refractivity contribution in [1.82, 2.24) is 15.0 Å². The zero-order valence-corrected chi connectivity index (χ0v) is 32.9. The summed E-state index contributed by atoms with van der Waals surface area (Å²) < 4.78 is 8.38. The van der Waals surface area contributed by atoms with Gasteiger partial charge in [-0.25, -0.2) is 4.68 Å². The molecule has 9 nitrogen and oxygen atoms in total. The van der Waals surface area contributed by atoms with Gasteiger partial charge < -0.3 is 15.4 Å². The Morgan fingerprint density at radius 1 is 0.900 bits per heavy atom. The van der Waals surface area contributed by atoms with Crippen LogP contribution in [0.1, 0.15) is 105 Å². The average Bonchev–Trinajstić information content (AvgIpc) is 3.46. The molecule has 268 valence electrons. The number of benzene rings is 3. The Hall–Kier alpha value is -3.76. The van der Waals surface area contributed by atoms with E-state index in [0.717, 1.165) is 23.1 Å². The number of halogens is 2. The Bertz CT molecular complexity index is 1880. The Labute approximate surface area is 309 Å². The second-order valence-corrected chi connectivity index (χ2v) is 16.4. The molecule has 0 aliphatic rings. The second kappa shape index (κ2) is 15.6. The van der Waals surface area contributed by atoms with Gasteiger partial charge in [-0.2, -0.15) is 0 Å². The molecule has 0 unspecified atom stereocenters. The van der Waals surface area contributed by atoms with Crippen LogP contribution in [0.15, 0.2) is 59.1 Å². The van der Waals surface area contributed by atoms with Crippen molar-refractivity contribution in [3.8, 4) is 5.75 Å². The number of rotatable bonds is 14. The monoisotopic (exact) mass is 765 g/mol. The van der Waals surface area contributed by atoms with Crippen molar-refractivity contribution in [2.45, 2.75) is 105 Å². The molecule has 2 N–H and O–H groups in total. The second-order valence-electron chi connectivity index (χ2n) is 15.1. The minimum absolute atomic E-state index is 0.0607. The van der Waals surface area contributed by atoms with Crippen LogP contribution < -0.4 is 15.4 Å². The predicted molar refractivity (Wildman–Crippen MR) is 205 cm³/mol. The summed E-state index contributed by atoms with van der Waals surface area (Å²) in [5, 5.41) is 14.3. The fourth-order valence-corrected chi connectivity index (χ4v) is 5.91. The molecule has 0 radical (unpaired) electrons. The van der Waals surface area contributed by atoms with Crippen LogP contribution in [0.3, 0.4) is 0 Å². The Morgan fingerprint density at radius 2 is 1.60 bits per heavy atom. The highest BCUT2D eigenvalue weighted by Crippen LogP contribution is 2.39. The van der Waals surface area contributed by atoms with E-state index < -0.39 is 17.4 Å². The maximum atomic E-state index is 13.8. The van der Waals surface area contributed by atoms with E-state index in [2.05, 4.69) is 96.6 Å². The summed E-state index contributed by atoms with van der Waals surface area (Å²) in [5.41, 5.74) is 3.38. The smallest absolute Gasteiger partial charge is 0.257 e. The van der Waals surface area contributed by atoms with Crippen LogP contribution in [0.4, 0.5) is 11.4 Å². The number of carbonyl (C=O) groups excluding carboxylic acids is 3.